The first-order valence-corrected chi connectivity index (χ1v) is 3.92. The number of hydrogen-bond acceptors (Lipinski definition) is 2. The maximum absolute atomic E-state index is 8.58. The van der Waals surface area contributed by atoms with Gasteiger partial charge >= 0.3 is 0 Å². The molecule has 1 aliphatic carbocycles. The molecular weight excluding hydrogens is 138 g/mol. The van der Waals surface area contributed by atoms with Crippen molar-refractivity contribution in [1.82, 2.24) is 0 Å². The molecule has 0 aromatic carbocycles. The Kier molecular flexibility index (Phi) is 2.03. The Morgan fingerprint density at radius 2 is 2.09 bits per heavy atom. The van der Waals surface area contributed by atoms with Gasteiger partial charge in [-0.2, -0.15) is 0 Å². The highest BCUT2D eigenvalue weighted by molar-refractivity contribution is 5.96. The van der Waals surface area contributed by atoms with E-state index in [-0.39, 0.29) is 5.41 Å². The Balaban J connectivity index is 2.86. The van der Waals surface area contributed by atoms with Crippen LogP contribution < -0.4 is 0 Å². The summed E-state index contributed by atoms with van der Waals surface area (Å²) < 4.78 is 0. The summed E-state index contributed by atoms with van der Waals surface area (Å²) in [4.78, 5) is 0. The molecule has 0 atom stereocenters. The van der Waals surface area contributed by atoms with Gasteiger partial charge in [0, 0.05) is 0 Å². The monoisotopic (exact) mass is 153 g/mol. The molecule has 11 heavy (non-hydrogen) atoms. The van der Waals surface area contributed by atoms with Gasteiger partial charge in [-0.15, -0.1) is 0 Å². The number of allylic oxidation sites excluding steroid dienone is 2. The Morgan fingerprint density at radius 1 is 1.45 bits per heavy atom. The lowest BCUT2D eigenvalue weighted by Gasteiger charge is -2.28. The van der Waals surface area contributed by atoms with Gasteiger partial charge in [0.1, 0.15) is 0 Å². The van der Waals surface area contributed by atoms with Gasteiger partial charge in [0.05, 0.1) is 5.71 Å². The third-order valence-electron chi connectivity index (χ3n) is 1.96. The molecule has 0 fully saturated rings. The van der Waals surface area contributed by atoms with E-state index in [9.17, 15) is 0 Å². The lowest BCUT2D eigenvalue weighted by atomic mass is 9.77. The average Bonchev–Trinajstić information content (AvgIpc) is 1.83. The maximum Gasteiger partial charge on any atom is 0.0800 e. The molecule has 0 bridgehead atoms. The molecule has 0 spiro atoms. The van der Waals surface area contributed by atoms with Crippen LogP contribution in [0.15, 0.2) is 16.8 Å². The maximum atomic E-state index is 8.58. The molecule has 1 N–H and O–H groups in total. The molecule has 0 amide bonds. The highest BCUT2D eigenvalue weighted by Crippen LogP contribution is 2.33. The molecule has 62 valence electrons. The zero-order chi connectivity index (χ0) is 8.48. The smallest absolute Gasteiger partial charge is 0.0800 e. The van der Waals surface area contributed by atoms with E-state index >= 15 is 0 Å². The Labute approximate surface area is 67.6 Å². The van der Waals surface area contributed by atoms with Gasteiger partial charge in [-0.05, 0) is 31.3 Å². The van der Waals surface area contributed by atoms with Crippen LogP contribution in [-0.4, -0.2) is 10.9 Å². The van der Waals surface area contributed by atoms with Gasteiger partial charge in [0.2, 0.25) is 0 Å². The summed E-state index contributed by atoms with van der Waals surface area (Å²) in [5, 5.41) is 11.8. The molecule has 0 saturated heterocycles. The fraction of sp³-hybridized carbons (Fsp3) is 0.667. The van der Waals surface area contributed by atoms with Gasteiger partial charge in [-0.3, -0.25) is 0 Å². The molecule has 1 rings (SSSR count). The lowest BCUT2D eigenvalue weighted by molar-refractivity contribution is 0.307. The van der Waals surface area contributed by atoms with Crippen molar-refractivity contribution in [3.63, 3.8) is 0 Å². The van der Waals surface area contributed by atoms with Crippen molar-refractivity contribution < 1.29 is 5.21 Å². The molecule has 2 nitrogen and oxygen atoms in total. The minimum atomic E-state index is 0.264. The lowest BCUT2D eigenvalue weighted by Crippen LogP contribution is -2.21. The van der Waals surface area contributed by atoms with Crippen molar-refractivity contribution in [2.45, 2.75) is 33.6 Å². The van der Waals surface area contributed by atoms with E-state index in [1.54, 1.807) is 0 Å². The summed E-state index contributed by atoms with van der Waals surface area (Å²) in [7, 11) is 0. The third kappa shape index (κ3) is 2.07. The second-order valence-corrected chi connectivity index (χ2v) is 4.10. The summed E-state index contributed by atoms with van der Waals surface area (Å²) in [5.41, 5.74) is 2.37. The first kappa shape index (κ1) is 8.31. The average molecular weight is 153 g/mol. The second kappa shape index (κ2) is 2.68. The standard InChI is InChI=1S/C9H15NO/c1-7-4-8(10-11)6-9(2,3)5-7/h4,11H,5-6H2,1-3H3/b10-8+. The van der Waals surface area contributed by atoms with Crippen LogP contribution in [0.1, 0.15) is 33.6 Å². The van der Waals surface area contributed by atoms with E-state index in [4.69, 9.17) is 5.21 Å². The van der Waals surface area contributed by atoms with Crippen molar-refractivity contribution in [3.05, 3.63) is 11.6 Å². The normalized spacial score (nSPS) is 26.8. The molecule has 2 heteroatoms. The molecule has 0 aliphatic heterocycles. The van der Waals surface area contributed by atoms with Gasteiger partial charge in [0.15, 0.2) is 0 Å². The van der Waals surface area contributed by atoms with Crippen molar-refractivity contribution in [2.24, 2.45) is 10.6 Å². The molecule has 0 aromatic heterocycles. The van der Waals surface area contributed by atoms with E-state index in [2.05, 4.69) is 25.9 Å². The summed E-state index contributed by atoms with van der Waals surface area (Å²) >= 11 is 0. The number of oxime groups is 1. The number of nitrogens with zero attached hydrogens (tertiary/aromatic N) is 1. The van der Waals surface area contributed by atoms with Crippen molar-refractivity contribution >= 4 is 5.71 Å². The summed E-state index contributed by atoms with van der Waals surface area (Å²) in [6.45, 7) is 6.45. The number of rotatable bonds is 0. The van der Waals surface area contributed by atoms with Crippen LogP contribution in [-0.2, 0) is 0 Å². The van der Waals surface area contributed by atoms with Crippen LogP contribution >= 0.6 is 0 Å². The van der Waals surface area contributed by atoms with Gasteiger partial charge in [-0.1, -0.05) is 24.6 Å². The first-order chi connectivity index (χ1) is 5.03. The summed E-state index contributed by atoms with van der Waals surface area (Å²) in [6, 6.07) is 0. The van der Waals surface area contributed by atoms with Gasteiger partial charge in [0.25, 0.3) is 0 Å². The van der Waals surface area contributed by atoms with Crippen molar-refractivity contribution in [1.29, 1.82) is 0 Å². The Morgan fingerprint density at radius 3 is 2.55 bits per heavy atom. The zero-order valence-electron chi connectivity index (χ0n) is 7.39. The van der Waals surface area contributed by atoms with Crippen LogP contribution in [0.25, 0.3) is 0 Å². The van der Waals surface area contributed by atoms with Crippen LogP contribution in [0.5, 0.6) is 0 Å². The van der Waals surface area contributed by atoms with E-state index in [0.29, 0.717) is 0 Å². The second-order valence-electron chi connectivity index (χ2n) is 4.10. The fourth-order valence-corrected chi connectivity index (χ4v) is 1.76. The molecule has 1 aliphatic rings. The third-order valence-corrected chi connectivity index (χ3v) is 1.96. The molecule has 0 heterocycles. The van der Waals surface area contributed by atoms with E-state index in [1.807, 2.05) is 6.08 Å². The SMILES string of the molecule is CC1=C/C(=N\O)CC(C)(C)C1. The Hall–Kier alpha value is -0.790. The zero-order valence-corrected chi connectivity index (χ0v) is 7.39. The number of hydrogen-bond donors (Lipinski definition) is 1. The van der Waals surface area contributed by atoms with E-state index < -0.39 is 0 Å². The van der Waals surface area contributed by atoms with Crippen LogP contribution in [0.3, 0.4) is 0 Å². The predicted octanol–water partition coefficient (Wildman–Crippen LogP) is 2.58. The molecule has 0 aromatic rings. The minimum Gasteiger partial charge on any atom is -0.411 e. The fourth-order valence-electron chi connectivity index (χ4n) is 1.76. The van der Waals surface area contributed by atoms with Crippen LogP contribution in [0, 0.1) is 5.41 Å². The summed E-state index contributed by atoms with van der Waals surface area (Å²) in [6.07, 6.45) is 3.94. The van der Waals surface area contributed by atoms with Gasteiger partial charge in [-0.25, -0.2) is 0 Å². The predicted molar refractivity (Wildman–Crippen MR) is 46.0 cm³/mol. The minimum absolute atomic E-state index is 0.264. The first-order valence-electron chi connectivity index (χ1n) is 3.92. The largest absolute Gasteiger partial charge is 0.411 e. The van der Waals surface area contributed by atoms with E-state index in [0.717, 1.165) is 18.6 Å². The molecule has 0 radical (unpaired) electrons. The van der Waals surface area contributed by atoms with Crippen LogP contribution in [0.4, 0.5) is 0 Å². The topological polar surface area (TPSA) is 32.6 Å². The quantitative estimate of drug-likeness (QED) is 0.421. The highest BCUT2D eigenvalue weighted by atomic mass is 16.4. The molecular formula is C9H15NO. The van der Waals surface area contributed by atoms with Crippen molar-refractivity contribution in [2.75, 3.05) is 0 Å². The molecule has 0 saturated carbocycles. The molecule has 0 unspecified atom stereocenters. The van der Waals surface area contributed by atoms with E-state index in [1.165, 1.54) is 5.57 Å². The van der Waals surface area contributed by atoms with Gasteiger partial charge < -0.3 is 5.21 Å². The van der Waals surface area contributed by atoms with Crippen molar-refractivity contribution in [3.8, 4) is 0 Å². The Bertz CT molecular complexity index is 214. The van der Waals surface area contributed by atoms with Crippen LogP contribution in [0.2, 0.25) is 0 Å². The highest BCUT2D eigenvalue weighted by Gasteiger charge is 2.24. The summed E-state index contributed by atoms with van der Waals surface area (Å²) in [5.74, 6) is 0.